The minimum atomic E-state index is 0.422. The summed E-state index contributed by atoms with van der Waals surface area (Å²) in [6.45, 7) is 0. The quantitative estimate of drug-likeness (QED) is 0.573. The summed E-state index contributed by atoms with van der Waals surface area (Å²) in [4.78, 5) is 4.47. The number of hydrogen-bond donors (Lipinski definition) is 0. The maximum Gasteiger partial charge on any atom is 0.258 e. The summed E-state index contributed by atoms with van der Waals surface area (Å²) in [5.41, 5.74) is 4.27. The maximum atomic E-state index is 8.87. The van der Waals surface area contributed by atoms with Crippen LogP contribution in [0, 0.1) is 11.3 Å². The molecule has 0 radical (unpaired) electrons. The first kappa shape index (κ1) is 14.8. The van der Waals surface area contributed by atoms with Crippen molar-refractivity contribution in [1.82, 2.24) is 19.9 Å². The van der Waals surface area contributed by atoms with Crippen molar-refractivity contribution in [2.24, 2.45) is 7.05 Å². The van der Waals surface area contributed by atoms with Gasteiger partial charge in [0.25, 0.3) is 5.89 Å². The molecule has 2 aromatic carbocycles. The van der Waals surface area contributed by atoms with Gasteiger partial charge in [-0.1, -0.05) is 23.4 Å². The summed E-state index contributed by atoms with van der Waals surface area (Å²) in [7, 11) is 1.90. The van der Waals surface area contributed by atoms with E-state index in [1.54, 1.807) is 30.5 Å². The van der Waals surface area contributed by atoms with E-state index in [2.05, 4.69) is 21.3 Å². The number of nitriles is 1. The lowest BCUT2D eigenvalue weighted by molar-refractivity contribution is 0.432. The lowest BCUT2D eigenvalue weighted by atomic mass is 10.1. The second kappa shape index (κ2) is 6.06. The van der Waals surface area contributed by atoms with Crippen LogP contribution in [-0.2, 0) is 7.05 Å². The zero-order valence-electron chi connectivity index (χ0n) is 13.4. The molecule has 6 nitrogen and oxygen atoms in total. The van der Waals surface area contributed by atoms with E-state index in [0.717, 1.165) is 22.4 Å². The Morgan fingerprint density at radius 3 is 2.52 bits per heavy atom. The van der Waals surface area contributed by atoms with Gasteiger partial charge in [0.05, 0.1) is 17.3 Å². The van der Waals surface area contributed by atoms with Crippen LogP contribution in [0.2, 0.25) is 0 Å². The first-order chi connectivity index (χ1) is 12.2. The molecule has 0 unspecified atom stereocenters. The average Bonchev–Trinajstić information content (AvgIpc) is 3.31. The van der Waals surface area contributed by atoms with Crippen LogP contribution in [0.4, 0.5) is 0 Å². The minimum absolute atomic E-state index is 0.422. The van der Waals surface area contributed by atoms with Gasteiger partial charge in [0.15, 0.2) is 0 Å². The van der Waals surface area contributed by atoms with Crippen molar-refractivity contribution in [2.75, 3.05) is 0 Å². The lowest BCUT2D eigenvalue weighted by Gasteiger charge is -2.03. The fraction of sp³-hybridized carbons (Fsp3) is 0.0526. The van der Waals surface area contributed by atoms with Gasteiger partial charge in [-0.05, 0) is 36.4 Å². The van der Waals surface area contributed by atoms with Gasteiger partial charge in [0.1, 0.15) is 0 Å². The molecule has 4 rings (SSSR count). The fourth-order valence-electron chi connectivity index (χ4n) is 2.62. The Labute approximate surface area is 144 Å². The standard InChI is InChI=1S/C19H13N5O/c1-24-17(9-10-21-24)15-3-2-4-16(11-15)18-22-19(25-23-18)14-7-5-13(12-20)6-8-14/h2-11H,1H3. The molecular weight excluding hydrogens is 314 g/mol. The van der Waals surface area contributed by atoms with Gasteiger partial charge < -0.3 is 4.52 Å². The van der Waals surface area contributed by atoms with E-state index >= 15 is 0 Å². The Balaban J connectivity index is 1.68. The van der Waals surface area contributed by atoms with Crippen molar-refractivity contribution >= 4 is 0 Å². The van der Waals surface area contributed by atoms with E-state index in [9.17, 15) is 0 Å². The molecule has 0 saturated carbocycles. The third-order valence-corrected chi connectivity index (χ3v) is 3.92. The molecule has 2 aromatic heterocycles. The van der Waals surface area contributed by atoms with Gasteiger partial charge >= 0.3 is 0 Å². The van der Waals surface area contributed by atoms with E-state index in [0.29, 0.717) is 17.3 Å². The molecule has 0 amide bonds. The Hall–Kier alpha value is -3.72. The second-order valence-electron chi connectivity index (χ2n) is 5.53. The van der Waals surface area contributed by atoms with Crippen molar-refractivity contribution < 1.29 is 4.52 Å². The number of aryl methyl sites for hydroxylation is 1. The number of aromatic nitrogens is 4. The molecule has 0 N–H and O–H groups in total. The van der Waals surface area contributed by atoms with Gasteiger partial charge in [-0.2, -0.15) is 15.3 Å². The van der Waals surface area contributed by atoms with Crippen molar-refractivity contribution in [3.05, 3.63) is 66.4 Å². The predicted molar refractivity (Wildman–Crippen MR) is 92.1 cm³/mol. The molecule has 0 spiro atoms. The van der Waals surface area contributed by atoms with Crippen LogP contribution in [0.5, 0.6) is 0 Å². The summed E-state index contributed by atoms with van der Waals surface area (Å²) in [6.07, 6.45) is 1.76. The second-order valence-corrected chi connectivity index (χ2v) is 5.53. The molecule has 6 heteroatoms. The van der Waals surface area contributed by atoms with Crippen molar-refractivity contribution in [1.29, 1.82) is 5.26 Å². The molecule has 0 bridgehead atoms. The first-order valence-corrected chi connectivity index (χ1v) is 7.67. The molecule has 25 heavy (non-hydrogen) atoms. The van der Waals surface area contributed by atoms with Crippen LogP contribution in [0.1, 0.15) is 5.56 Å². The highest BCUT2D eigenvalue weighted by Gasteiger charge is 2.12. The maximum absolute atomic E-state index is 8.87. The molecule has 0 atom stereocenters. The number of rotatable bonds is 3. The number of benzene rings is 2. The largest absolute Gasteiger partial charge is 0.334 e. The first-order valence-electron chi connectivity index (χ1n) is 7.67. The Morgan fingerprint density at radius 2 is 1.80 bits per heavy atom. The van der Waals surface area contributed by atoms with Crippen LogP contribution in [0.15, 0.2) is 65.3 Å². The van der Waals surface area contributed by atoms with E-state index in [1.807, 2.05) is 42.1 Å². The molecule has 0 fully saturated rings. The highest BCUT2D eigenvalue weighted by Crippen LogP contribution is 2.26. The molecule has 4 aromatic rings. The van der Waals surface area contributed by atoms with E-state index < -0.39 is 0 Å². The Bertz CT molecular complexity index is 1070. The third-order valence-electron chi connectivity index (χ3n) is 3.92. The average molecular weight is 327 g/mol. The smallest absolute Gasteiger partial charge is 0.258 e. The monoisotopic (exact) mass is 327 g/mol. The molecular formula is C19H13N5O. The summed E-state index contributed by atoms with van der Waals surface area (Å²) in [5.74, 6) is 0.939. The molecule has 0 aliphatic rings. The van der Waals surface area contributed by atoms with E-state index in [-0.39, 0.29) is 0 Å². The number of hydrogen-bond acceptors (Lipinski definition) is 5. The lowest BCUT2D eigenvalue weighted by Crippen LogP contribution is -1.93. The topological polar surface area (TPSA) is 80.5 Å². The fourth-order valence-corrected chi connectivity index (χ4v) is 2.62. The highest BCUT2D eigenvalue weighted by atomic mass is 16.5. The van der Waals surface area contributed by atoms with Crippen LogP contribution in [-0.4, -0.2) is 19.9 Å². The van der Waals surface area contributed by atoms with E-state index in [1.165, 1.54) is 0 Å². The van der Waals surface area contributed by atoms with Gasteiger partial charge in [0.2, 0.25) is 5.82 Å². The SMILES string of the molecule is Cn1nccc1-c1cccc(-c2noc(-c3ccc(C#N)cc3)n2)c1. The van der Waals surface area contributed by atoms with Crippen LogP contribution < -0.4 is 0 Å². The van der Waals surface area contributed by atoms with Gasteiger partial charge in [-0.15, -0.1) is 0 Å². The van der Waals surface area contributed by atoms with Gasteiger partial charge in [-0.3, -0.25) is 4.68 Å². The third kappa shape index (κ3) is 2.79. The predicted octanol–water partition coefficient (Wildman–Crippen LogP) is 3.68. The zero-order chi connectivity index (χ0) is 17.2. The molecule has 120 valence electrons. The highest BCUT2D eigenvalue weighted by molar-refractivity contribution is 5.68. The van der Waals surface area contributed by atoms with Crippen molar-refractivity contribution in [3.8, 4) is 40.2 Å². The summed E-state index contributed by atoms with van der Waals surface area (Å²) >= 11 is 0. The summed E-state index contributed by atoms with van der Waals surface area (Å²) in [6, 6.07) is 19.0. The van der Waals surface area contributed by atoms with Crippen molar-refractivity contribution in [3.63, 3.8) is 0 Å². The van der Waals surface area contributed by atoms with Crippen molar-refractivity contribution in [2.45, 2.75) is 0 Å². The van der Waals surface area contributed by atoms with Crippen LogP contribution in [0.25, 0.3) is 34.1 Å². The molecule has 0 aliphatic heterocycles. The van der Waals surface area contributed by atoms with Gasteiger partial charge in [0, 0.05) is 29.9 Å². The molecule has 0 saturated heterocycles. The van der Waals surface area contributed by atoms with E-state index in [4.69, 9.17) is 9.78 Å². The Kier molecular flexibility index (Phi) is 3.60. The van der Waals surface area contributed by atoms with Crippen LogP contribution in [0.3, 0.4) is 0 Å². The summed E-state index contributed by atoms with van der Waals surface area (Å²) in [5, 5.41) is 17.1. The molecule has 2 heterocycles. The molecule has 0 aliphatic carbocycles. The van der Waals surface area contributed by atoms with Crippen LogP contribution >= 0.6 is 0 Å². The Morgan fingerprint density at radius 1 is 1.00 bits per heavy atom. The zero-order valence-corrected chi connectivity index (χ0v) is 13.4. The van der Waals surface area contributed by atoms with Gasteiger partial charge in [-0.25, -0.2) is 0 Å². The summed E-state index contributed by atoms with van der Waals surface area (Å²) < 4.78 is 7.19. The minimum Gasteiger partial charge on any atom is -0.334 e. The normalized spacial score (nSPS) is 10.6. The number of nitrogens with zero attached hydrogens (tertiary/aromatic N) is 5.